The molecule has 0 saturated heterocycles. The van der Waals surface area contributed by atoms with Gasteiger partial charge < -0.3 is 13.9 Å². The highest BCUT2D eigenvalue weighted by molar-refractivity contribution is 5.94. The van der Waals surface area contributed by atoms with E-state index in [1.54, 1.807) is 19.1 Å². The molecule has 0 fully saturated rings. The molecule has 0 N–H and O–H groups in total. The summed E-state index contributed by atoms with van der Waals surface area (Å²) in [6.45, 7) is 11.5. The normalized spacial score (nSPS) is 15.2. The number of aryl methyl sites for hydroxylation is 1. The molecular formula is C23H28O5. The van der Waals surface area contributed by atoms with E-state index >= 15 is 0 Å². The van der Waals surface area contributed by atoms with Gasteiger partial charge in [-0.05, 0) is 58.8 Å². The van der Waals surface area contributed by atoms with Crippen molar-refractivity contribution in [1.29, 1.82) is 0 Å². The van der Waals surface area contributed by atoms with Crippen LogP contribution in [-0.2, 0) is 11.2 Å². The van der Waals surface area contributed by atoms with Crippen molar-refractivity contribution in [2.75, 3.05) is 6.61 Å². The summed E-state index contributed by atoms with van der Waals surface area (Å²) in [6.07, 6.45) is 5.61. The molecule has 2 heterocycles. The first-order chi connectivity index (χ1) is 13.0. The van der Waals surface area contributed by atoms with Crippen LogP contribution in [0.15, 0.2) is 27.4 Å². The van der Waals surface area contributed by atoms with Gasteiger partial charge in [0.25, 0.3) is 0 Å². The number of carbonyl (C=O) groups excluding carboxylic acids is 1. The van der Waals surface area contributed by atoms with Crippen LogP contribution >= 0.6 is 0 Å². The summed E-state index contributed by atoms with van der Waals surface area (Å²) in [7, 11) is 0. The molecule has 0 spiro atoms. The zero-order valence-electron chi connectivity index (χ0n) is 17.5. The lowest BCUT2D eigenvalue weighted by atomic mass is 9.90. The summed E-state index contributed by atoms with van der Waals surface area (Å²) in [4.78, 5) is 23.9. The van der Waals surface area contributed by atoms with Crippen LogP contribution in [0.5, 0.6) is 11.5 Å². The van der Waals surface area contributed by atoms with Crippen LogP contribution in [-0.4, -0.2) is 18.0 Å². The van der Waals surface area contributed by atoms with Crippen LogP contribution in [0, 0.1) is 5.41 Å². The first kappa shape index (κ1) is 20.2. The average molecular weight is 384 g/mol. The highest BCUT2D eigenvalue weighted by Crippen LogP contribution is 2.44. The maximum Gasteiger partial charge on any atom is 0.336 e. The van der Waals surface area contributed by atoms with Crippen molar-refractivity contribution < 1.29 is 18.7 Å². The molecule has 150 valence electrons. The minimum Gasteiger partial charge on any atom is -0.492 e. The van der Waals surface area contributed by atoms with Gasteiger partial charge in [0.05, 0.1) is 16.4 Å². The molecule has 1 aliphatic rings. The monoisotopic (exact) mass is 384 g/mol. The van der Waals surface area contributed by atoms with Gasteiger partial charge in [-0.15, -0.1) is 0 Å². The van der Waals surface area contributed by atoms with E-state index < -0.39 is 16.6 Å². The number of carbonyl (C=O) groups is 1. The van der Waals surface area contributed by atoms with E-state index in [4.69, 9.17) is 13.9 Å². The number of fused-ring (bicyclic) bond motifs is 3. The summed E-state index contributed by atoms with van der Waals surface area (Å²) in [5.41, 5.74) is 0.652. The zero-order chi connectivity index (χ0) is 20.7. The number of benzene rings is 1. The highest BCUT2D eigenvalue weighted by atomic mass is 16.5. The minimum absolute atomic E-state index is 0.0480. The van der Waals surface area contributed by atoms with E-state index in [9.17, 15) is 9.59 Å². The standard InChI is InChI=1S/C23H28O5/c1-7-8-15-11-19(25)27-18-12-17(26-13-22(3,4)14(2)24)16-9-10-23(5,6)28-21(16)20(15)18/h9-12H,7-8,13H2,1-6H3. The van der Waals surface area contributed by atoms with Crippen molar-refractivity contribution in [3.05, 3.63) is 39.8 Å². The first-order valence-electron chi connectivity index (χ1n) is 9.70. The maximum absolute atomic E-state index is 12.1. The van der Waals surface area contributed by atoms with Gasteiger partial charge in [-0.1, -0.05) is 13.3 Å². The van der Waals surface area contributed by atoms with Crippen molar-refractivity contribution in [3.63, 3.8) is 0 Å². The van der Waals surface area contributed by atoms with Crippen molar-refractivity contribution in [2.45, 2.75) is 60.0 Å². The smallest absolute Gasteiger partial charge is 0.336 e. The van der Waals surface area contributed by atoms with Gasteiger partial charge in [0.1, 0.15) is 35.1 Å². The second-order valence-corrected chi connectivity index (χ2v) is 8.60. The molecule has 0 radical (unpaired) electrons. The molecule has 0 amide bonds. The van der Waals surface area contributed by atoms with E-state index in [0.29, 0.717) is 17.1 Å². The van der Waals surface area contributed by atoms with Gasteiger partial charge in [-0.2, -0.15) is 0 Å². The summed E-state index contributed by atoms with van der Waals surface area (Å²) in [5, 5.41) is 0.812. The largest absolute Gasteiger partial charge is 0.492 e. The molecule has 1 aliphatic heterocycles. The van der Waals surface area contributed by atoms with E-state index in [1.807, 2.05) is 39.8 Å². The Balaban J connectivity index is 2.21. The molecule has 1 aromatic heterocycles. The lowest BCUT2D eigenvalue weighted by Crippen LogP contribution is -2.30. The van der Waals surface area contributed by atoms with E-state index in [0.717, 1.165) is 29.4 Å². The van der Waals surface area contributed by atoms with Gasteiger partial charge in [0.2, 0.25) is 0 Å². The fourth-order valence-electron chi connectivity index (χ4n) is 3.15. The molecule has 28 heavy (non-hydrogen) atoms. The molecule has 0 bridgehead atoms. The van der Waals surface area contributed by atoms with Gasteiger partial charge in [0.15, 0.2) is 0 Å². The lowest BCUT2D eigenvalue weighted by molar-refractivity contribution is -0.126. The molecule has 5 nitrogen and oxygen atoms in total. The summed E-state index contributed by atoms with van der Waals surface area (Å²) < 4.78 is 17.8. The highest BCUT2D eigenvalue weighted by Gasteiger charge is 2.30. The third-order valence-electron chi connectivity index (χ3n) is 5.15. The van der Waals surface area contributed by atoms with Crippen LogP contribution < -0.4 is 15.1 Å². The Kier molecular flexibility index (Phi) is 5.13. The zero-order valence-corrected chi connectivity index (χ0v) is 17.5. The fraction of sp³-hybridized carbons (Fsp3) is 0.478. The average Bonchev–Trinajstić information content (AvgIpc) is 2.58. The second-order valence-electron chi connectivity index (χ2n) is 8.60. The topological polar surface area (TPSA) is 65.7 Å². The summed E-state index contributed by atoms with van der Waals surface area (Å²) in [5.74, 6) is 1.25. The first-order valence-corrected chi connectivity index (χ1v) is 9.70. The number of ketones is 1. The lowest BCUT2D eigenvalue weighted by Gasteiger charge is -2.31. The molecule has 1 aromatic carbocycles. The van der Waals surface area contributed by atoms with Crippen molar-refractivity contribution in [3.8, 4) is 11.5 Å². The van der Waals surface area contributed by atoms with Crippen LogP contribution in [0.3, 0.4) is 0 Å². The summed E-state index contributed by atoms with van der Waals surface area (Å²) in [6, 6.07) is 3.27. The third-order valence-corrected chi connectivity index (χ3v) is 5.15. The molecule has 0 saturated carbocycles. The summed E-state index contributed by atoms with van der Waals surface area (Å²) >= 11 is 0. The predicted molar refractivity (Wildman–Crippen MR) is 110 cm³/mol. The number of Topliss-reactive ketones (excluding diaryl/α,β-unsaturated/α-hetero) is 1. The van der Waals surface area contributed by atoms with Gasteiger partial charge in [-0.3, -0.25) is 4.79 Å². The van der Waals surface area contributed by atoms with Gasteiger partial charge >= 0.3 is 5.63 Å². The van der Waals surface area contributed by atoms with Gasteiger partial charge in [0, 0.05) is 12.1 Å². The van der Waals surface area contributed by atoms with Crippen LogP contribution in [0.2, 0.25) is 0 Å². The Hall–Kier alpha value is -2.56. The molecule has 0 unspecified atom stereocenters. The molecule has 0 atom stereocenters. The van der Waals surface area contributed by atoms with Crippen LogP contribution in [0.4, 0.5) is 0 Å². The SMILES string of the molecule is CCCc1cc(=O)oc2cc(OCC(C)(C)C(C)=O)c3c(c12)OC(C)(C)C=C3. The van der Waals surface area contributed by atoms with E-state index in [2.05, 4.69) is 6.92 Å². The van der Waals surface area contributed by atoms with E-state index in [-0.39, 0.29) is 12.4 Å². The Labute approximate surface area is 165 Å². The number of hydrogen-bond acceptors (Lipinski definition) is 5. The maximum atomic E-state index is 12.1. The molecule has 3 rings (SSSR count). The molecule has 2 aromatic rings. The number of rotatable bonds is 6. The number of hydrogen-bond donors (Lipinski definition) is 0. The minimum atomic E-state index is -0.620. The van der Waals surface area contributed by atoms with Crippen molar-refractivity contribution in [2.24, 2.45) is 5.41 Å². The van der Waals surface area contributed by atoms with Crippen molar-refractivity contribution in [1.82, 2.24) is 0 Å². The Morgan fingerprint density at radius 2 is 1.96 bits per heavy atom. The van der Waals surface area contributed by atoms with Crippen LogP contribution in [0.1, 0.15) is 59.1 Å². The molecule has 5 heteroatoms. The third kappa shape index (κ3) is 3.84. The van der Waals surface area contributed by atoms with Gasteiger partial charge in [-0.25, -0.2) is 4.79 Å². The Morgan fingerprint density at radius 1 is 1.25 bits per heavy atom. The molecular weight excluding hydrogens is 356 g/mol. The Bertz CT molecular complexity index is 1010. The Morgan fingerprint density at radius 3 is 2.61 bits per heavy atom. The quantitative estimate of drug-likeness (QED) is 0.661. The van der Waals surface area contributed by atoms with Crippen molar-refractivity contribution >= 4 is 22.8 Å². The van der Waals surface area contributed by atoms with Crippen LogP contribution in [0.25, 0.3) is 17.0 Å². The fourth-order valence-corrected chi connectivity index (χ4v) is 3.15. The number of ether oxygens (including phenoxy) is 2. The molecule has 0 aliphatic carbocycles. The van der Waals surface area contributed by atoms with E-state index in [1.165, 1.54) is 0 Å². The predicted octanol–water partition coefficient (Wildman–Crippen LogP) is 4.92. The second kappa shape index (κ2) is 7.12.